The standard InChI is InChI=1S/C13H25N3O2/c1-3-5-13(6-4-7-15-9-13)12(18)16-10(2)8-11(14)17/h10,15H,3-9H2,1-2H3,(H2,14,17)(H,16,18). The highest BCUT2D eigenvalue weighted by Gasteiger charge is 2.38. The fourth-order valence-corrected chi connectivity index (χ4v) is 2.70. The summed E-state index contributed by atoms with van der Waals surface area (Å²) in [4.78, 5) is 23.2. The molecule has 1 aliphatic heterocycles. The van der Waals surface area contributed by atoms with E-state index in [1.165, 1.54) is 0 Å². The Morgan fingerprint density at radius 3 is 2.72 bits per heavy atom. The summed E-state index contributed by atoms with van der Waals surface area (Å²) in [7, 11) is 0. The number of nitrogens with two attached hydrogens (primary N) is 1. The van der Waals surface area contributed by atoms with Crippen LogP contribution in [0.25, 0.3) is 0 Å². The van der Waals surface area contributed by atoms with Crippen LogP contribution in [0.15, 0.2) is 0 Å². The van der Waals surface area contributed by atoms with Crippen LogP contribution in [0.4, 0.5) is 0 Å². The quantitative estimate of drug-likeness (QED) is 0.647. The lowest BCUT2D eigenvalue weighted by atomic mass is 9.76. The van der Waals surface area contributed by atoms with Crippen molar-refractivity contribution in [3.63, 3.8) is 0 Å². The van der Waals surface area contributed by atoms with Crippen LogP contribution >= 0.6 is 0 Å². The number of hydrogen-bond donors (Lipinski definition) is 3. The maximum absolute atomic E-state index is 12.4. The summed E-state index contributed by atoms with van der Waals surface area (Å²) >= 11 is 0. The Morgan fingerprint density at radius 2 is 2.22 bits per heavy atom. The molecule has 0 aromatic heterocycles. The molecular weight excluding hydrogens is 230 g/mol. The fraction of sp³-hybridized carbons (Fsp3) is 0.846. The van der Waals surface area contributed by atoms with E-state index in [2.05, 4.69) is 17.6 Å². The summed E-state index contributed by atoms with van der Waals surface area (Å²) in [5.74, 6) is -0.320. The Kier molecular flexibility index (Phi) is 5.59. The maximum atomic E-state index is 12.4. The van der Waals surface area contributed by atoms with Gasteiger partial charge in [-0.05, 0) is 32.7 Å². The van der Waals surface area contributed by atoms with E-state index in [0.29, 0.717) is 0 Å². The lowest BCUT2D eigenvalue weighted by Gasteiger charge is -2.37. The van der Waals surface area contributed by atoms with Crippen molar-refractivity contribution in [2.75, 3.05) is 13.1 Å². The molecule has 1 fully saturated rings. The molecule has 104 valence electrons. The van der Waals surface area contributed by atoms with Gasteiger partial charge in [0.1, 0.15) is 0 Å². The van der Waals surface area contributed by atoms with Gasteiger partial charge in [0, 0.05) is 19.0 Å². The van der Waals surface area contributed by atoms with E-state index >= 15 is 0 Å². The smallest absolute Gasteiger partial charge is 0.227 e. The van der Waals surface area contributed by atoms with E-state index in [4.69, 9.17) is 5.73 Å². The zero-order valence-corrected chi connectivity index (χ0v) is 11.4. The molecule has 2 amide bonds. The molecule has 0 aliphatic carbocycles. The Bertz CT molecular complexity index is 293. The van der Waals surface area contributed by atoms with Gasteiger partial charge in [0.15, 0.2) is 0 Å². The van der Waals surface area contributed by atoms with Gasteiger partial charge in [0.25, 0.3) is 0 Å². The average Bonchev–Trinajstić information content (AvgIpc) is 2.29. The molecule has 0 saturated carbocycles. The third kappa shape index (κ3) is 3.98. The van der Waals surface area contributed by atoms with Crippen molar-refractivity contribution < 1.29 is 9.59 Å². The summed E-state index contributed by atoms with van der Waals surface area (Å²) in [6, 6.07) is -0.189. The molecule has 2 atom stereocenters. The van der Waals surface area contributed by atoms with Crippen LogP contribution in [0.1, 0.15) is 46.0 Å². The third-order valence-electron chi connectivity index (χ3n) is 3.57. The molecule has 4 N–H and O–H groups in total. The predicted molar refractivity (Wildman–Crippen MR) is 70.9 cm³/mol. The summed E-state index contributed by atoms with van der Waals surface area (Å²) in [5, 5.41) is 6.23. The van der Waals surface area contributed by atoms with Gasteiger partial charge >= 0.3 is 0 Å². The molecule has 0 aromatic rings. The molecule has 0 bridgehead atoms. The van der Waals surface area contributed by atoms with Crippen LogP contribution in [0, 0.1) is 5.41 Å². The van der Waals surface area contributed by atoms with Crippen LogP contribution in [0.3, 0.4) is 0 Å². The van der Waals surface area contributed by atoms with Gasteiger partial charge in [0.2, 0.25) is 11.8 Å². The van der Waals surface area contributed by atoms with Crippen molar-refractivity contribution in [2.45, 2.75) is 52.0 Å². The number of amides is 2. The van der Waals surface area contributed by atoms with Crippen molar-refractivity contribution in [1.82, 2.24) is 10.6 Å². The van der Waals surface area contributed by atoms with Gasteiger partial charge in [0.05, 0.1) is 5.41 Å². The monoisotopic (exact) mass is 255 g/mol. The minimum atomic E-state index is -0.380. The van der Waals surface area contributed by atoms with Crippen LogP contribution in [0.5, 0.6) is 0 Å². The Balaban J connectivity index is 2.61. The summed E-state index contributed by atoms with van der Waals surface area (Å²) < 4.78 is 0. The molecule has 1 heterocycles. The predicted octanol–water partition coefficient (Wildman–Crippen LogP) is 0.536. The average molecular weight is 255 g/mol. The SMILES string of the molecule is CCCC1(C(=O)NC(C)CC(N)=O)CCCNC1. The van der Waals surface area contributed by atoms with Gasteiger partial charge in [-0.25, -0.2) is 0 Å². The Labute approximate surface area is 109 Å². The van der Waals surface area contributed by atoms with Gasteiger partial charge in [-0.15, -0.1) is 0 Å². The fourth-order valence-electron chi connectivity index (χ4n) is 2.70. The van der Waals surface area contributed by atoms with E-state index in [0.717, 1.165) is 38.8 Å². The Hall–Kier alpha value is -1.10. The highest BCUT2D eigenvalue weighted by Crippen LogP contribution is 2.32. The molecule has 2 unspecified atom stereocenters. The van der Waals surface area contributed by atoms with Crippen molar-refractivity contribution in [3.05, 3.63) is 0 Å². The minimum Gasteiger partial charge on any atom is -0.370 e. The first-order valence-corrected chi connectivity index (χ1v) is 6.80. The molecule has 0 radical (unpaired) electrons. The normalized spacial score (nSPS) is 25.4. The van der Waals surface area contributed by atoms with Crippen molar-refractivity contribution >= 4 is 11.8 Å². The van der Waals surface area contributed by atoms with Crippen LogP contribution in [0.2, 0.25) is 0 Å². The number of primary amides is 1. The topological polar surface area (TPSA) is 84.2 Å². The Morgan fingerprint density at radius 1 is 1.50 bits per heavy atom. The van der Waals surface area contributed by atoms with Gasteiger partial charge in [-0.3, -0.25) is 9.59 Å². The van der Waals surface area contributed by atoms with Gasteiger partial charge in [-0.2, -0.15) is 0 Å². The van der Waals surface area contributed by atoms with E-state index in [1.54, 1.807) is 0 Å². The summed E-state index contributed by atoms with van der Waals surface area (Å²) in [6.07, 6.45) is 4.01. The second kappa shape index (κ2) is 6.73. The van der Waals surface area contributed by atoms with E-state index < -0.39 is 0 Å². The molecule has 5 heteroatoms. The number of piperidine rings is 1. The molecular formula is C13H25N3O2. The van der Waals surface area contributed by atoms with Gasteiger partial charge in [-0.1, -0.05) is 13.3 Å². The minimum absolute atomic E-state index is 0.0605. The summed E-state index contributed by atoms with van der Waals surface area (Å²) in [5.41, 5.74) is 4.83. The maximum Gasteiger partial charge on any atom is 0.227 e. The van der Waals surface area contributed by atoms with E-state index in [-0.39, 0.29) is 29.7 Å². The third-order valence-corrected chi connectivity index (χ3v) is 3.57. The lowest BCUT2D eigenvalue weighted by Crippen LogP contribution is -2.52. The van der Waals surface area contributed by atoms with Crippen LogP contribution in [-0.4, -0.2) is 30.9 Å². The first-order chi connectivity index (χ1) is 8.50. The van der Waals surface area contributed by atoms with Crippen molar-refractivity contribution in [1.29, 1.82) is 0 Å². The highest BCUT2D eigenvalue weighted by molar-refractivity contribution is 5.84. The largest absolute Gasteiger partial charge is 0.370 e. The second-order valence-corrected chi connectivity index (χ2v) is 5.36. The second-order valence-electron chi connectivity index (χ2n) is 5.36. The number of rotatable bonds is 6. The number of carbonyl (C=O) groups is 2. The molecule has 1 saturated heterocycles. The molecule has 0 aromatic carbocycles. The summed E-state index contributed by atoms with van der Waals surface area (Å²) in [6.45, 7) is 5.63. The van der Waals surface area contributed by atoms with Crippen molar-refractivity contribution in [2.24, 2.45) is 11.1 Å². The molecule has 1 aliphatic rings. The van der Waals surface area contributed by atoms with E-state index in [9.17, 15) is 9.59 Å². The van der Waals surface area contributed by atoms with Crippen LogP contribution < -0.4 is 16.4 Å². The first-order valence-electron chi connectivity index (χ1n) is 6.80. The zero-order valence-electron chi connectivity index (χ0n) is 11.4. The highest BCUT2D eigenvalue weighted by atomic mass is 16.2. The number of hydrogen-bond acceptors (Lipinski definition) is 3. The molecule has 0 spiro atoms. The zero-order chi connectivity index (χ0) is 13.6. The van der Waals surface area contributed by atoms with E-state index in [1.807, 2.05) is 6.92 Å². The van der Waals surface area contributed by atoms with Crippen LogP contribution in [-0.2, 0) is 9.59 Å². The molecule has 5 nitrogen and oxygen atoms in total. The molecule has 1 rings (SSSR count). The lowest BCUT2D eigenvalue weighted by molar-refractivity contribution is -0.133. The number of carbonyl (C=O) groups excluding carboxylic acids is 2. The first kappa shape index (κ1) is 15.0. The van der Waals surface area contributed by atoms with Crippen molar-refractivity contribution in [3.8, 4) is 0 Å². The van der Waals surface area contributed by atoms with Gasteiger partial charge < -0.3 is 16.4 Å². The molecule has 18 heavy (non-hydrogen) atoms. The number of nitrogens with one attached hydrogen (secondary N) is 2.